The van der Waals surface area contributed by atoms with Gasteiger partial charge in [0.2, 0.25) is 0 Å². The molecule has 0 spiro atoms. The Hall–Kier alpha value is -0.930. The fourth-order valence-electron chi connectivity index (χ4n) is 2.07. The van der Waals surface area contributed by atoms with Crippen molar-refractivity contribution >= 4 is 0 Å². The quantitative estimate of drug-likeness (QED) is 0.785. The van der Waals surface area contributed by atoms with Crippen molar-refractivity contribution in [2.45, 2.75) is 31.8 Å². The molecule has 0 aliphatic carbocycles. The number of hydrogen-bond donors (Lipinski definition) is 2. The minimum absolute atomic E-state index is 0.344. The number of nitrogens with one attached hydrogen (secondary N) is 2. The smallest absolute Gasteiger partial charge is 0.0570 e. The van der Waals surface area contributed by atoms with E-state index in [4.69, 9.17) is 0 Å². The van der Waals surface area contributed by atoms with Gasteiger partial charge in [-0.25, -0.2) is 0 Å². The summed E-state index contributed by atoms with van der Waals surface area (Å²) >= 11 is 0. The maximum absolute atomic E-state index is 4.36. The zero-order valence-electron chi connectivity index (χ0n) is 9.24. The summed E-state index contributed by atoms with van der Waals surface area (Å²) in [4.78, 5) is 4.36. The van der Waals surface area contributed by atoms with Crippen molar-refractivity contribution in [1.82, 2.24) is 15.6 Å². The first-order valence-corrected chi connectivity index (χ1v) is 5.74. The van der Waals surface area contributed by atoms with Gasteiger partial charge in [0.25, 0.3) is 0 Å². The van der Waals surface area contributed by atoms with Crippen LogP contribution >= 0.6 is 0 Å². The van der Waals surface area contributed by atoms with Gasteiger partial charge in [-0.3, -0.25) is 4.98 Å². The highest BCUT2D eigenvalue weighted by molar-refractivity contribution is 5.08. The average molecular weight is 205 g/mol. The number of aromatic nitrogens is 1. The fourth-order valence-corrected chi connectivity index (χ4v) is 2.07. The molecule has 1 aromatic rings. The minimum Gasteiger partial charge on any atom is -0.315 e. The summed E-state index contributed by atoms with van der Waals surface area (Å²) in [6.45, 7) is 4.42. The monoisotopic (exact) mass is 205 g/mol. The van der Waals surface area contributed by atoms with E-state index in [1.807, 2.05) is 18.3 Å². The van der Waals surface area contributed by atoms with Crippen LogP contribution in [-0.2, 0) is 0 Å². The van der Waals surface area contributed by atoms with E-state index < -0.39 is 0 Å². The van der Waals surface area contributed by atoms with E-state index in [0.29, 0.717) is 12.1 Å². The Kier molecular flexibility index (Phi) is 3.69. The van der Waals surface area contributed by atoms with E-state index in [9.17, 15) is 0 Å². The molecule has 2 N–H and O–H groups in total. The van der Waals surface area contributed by atoms with Crippen molar-refractivity contribution in [1.29, 1.82) is 0 Å². The van der Waals surface area contributed by atoms with Crippen molar-refractivity contribution in [3.63, 3.8) is 0 Å². The van der Waals surface area contributed by atoms with Crippen LogP contribution < -0.4 is 10.6 Å². The molecule has 0 aromatic carbocycles. The molecule has 3 nitrogen and oxygen atoms in total. The Bertz CT molecular complexity index is 280. The van der Waals surface area contributed by atoms with E-state index >= 15 is 0 Å². The van der Waals surface area contributed by atoms with Crippen LogP contribution in [0.4, 0.5) is 0 Å². The molecule has 0 saturated carbocycles. The van der Waals surface area contributed by atoms with Crippen LogP contribution in [0.1, 0.15) is 31.5 Å². The van der Waals surface area contributed by atoms with Crippen LogP contribution in [0.2, 0.25) is 0 Å². The Morgan fingerprint density at radius 3 is 3.13 bits per heavy atom. The molecular weight excluding hydrogens is 186 g/mol. The molecule has 15 heavy (non-hydrogen) atoms. The van der Waals surface area contributed by atoms with Crippen LogP contribution in [-0.4, -0.2) is 24.1 Å². The third-order valence-electron chi connectivity index (χ3n) is 2.91. The van der Waals surface area contributed by atoms with Gasteiger partial charge in [-0.15, -0.1) is 0 Å². The Balaban J connectivity index is 1.88. The first kappa shape index (κ1) is 10.6. The summed E-state index contributed by atoms with van der Waals surface area (Å²) in [6.07, 6.45) is 4.39. The van der Waals surface area contributed by atoms with Gasteiger partial charge in [0, 0.05) is 24.8 Å². The molecule has 1 saturated heterocycles. The maximum atomic E-state index is 4.36. The summed E-state index contributed by atoms with van der Waals surface area (Å²) in [6, 6.07) is 7.01. The van der Waals surface area contributed by atoms with Crippen molar-refractivity contribution < 1.29 is 0 Å². The van der Waals surface area contributed by atoms with Gasteiger partial charge in [0.15, 0.2) is 0 Å². The highest BCUT2D eigenvalue weighted by Crippen LogP contribution is 2.11. The molecular formula is C12H19N3. The molecule has 0 amide bonds. The third kappa shape index (κ3) is 3.01. The van der Waals surface area contributed by atoms with E-state index in [-0.39, 0.29) is 0 Å². The molecule has 82 valence electrons. The van der Waals surface area contributed by atoms with Gasteiger partial charge < -0.3 is 10.6 Å². The van der Waals surface area contributed by atoms with E-state index in [2.05, 4.69) is 28.6 Å². The molecule has 2 atom stereocenters. The first-order valence-electron chi connectivity index (χ1n) is 5.74. The van der Waals surface area contributed by atoms with Crippen molar-refractivity contribution in [3.05, 3.63) is 30.1 Å². The van der Waals surface area contributed by atoms with Gasteiger partial charge in [-0.2, -0.15) is 0 Å². The minimum atomic E-state index is 0.344. The highest BCUT2D eigenvalue weighted by atomic mass is 15.0. The lowest BCUT2D eigenvalue weighted by molar-refractivity contribution is 0.359. The predicted molar refractivity (Wildman–Crippen MR) is 61.7 cm³/mol. The van der Waals surface area contributed by atoms with Crippen molar-refractivity contribution in [2.75, 3.05) is 13.1 Å². The first-order chi connectivity index (χ1) is 7.36. The molecule has 1 aromatic heterocycles. The average Bonchev–Trinajstić information content (AvgIpc) is 2.31. The number of rotatable bonds is 3. The summed E-state index contributed by atoms with van der Waals surface area (Å²) in [5.74, 6) is 0. The van der Waals surface area contributed by atoms with Gasteiger partial charge in [-0.1, -0.05) is 6.07 Å². The summed E-state index contributed by atoms with van der Waals surface area (Å²) in [7, 11) is 0. The van der Waals surface area contributed by atoms with Crippen LogP contribution in [0, 0.1) is 0 Å². The predicted octanol–water partition coefficient (Wildman–Crippen LogP) is 1.48. The normalized spacial score (nSPS) is 23.7. The second-order valence-electron chi connectivity index (χ2n) is 4.19. The second-order valence-corrected chi connectivity index (χ2v) is 4.19. The van der Waals surface area contributed by atoms with Gasteiger partial charge >= 0.3 is 0 Å². The molecule has 2 heterocycles. The lowest BCUT2D eigenvalue weighted by Gasteiger charge is -2.27. The van der Waals surface area contributed by atoms with Crippen LogP contribution in [0.25, 0.3) is 0 Å². The molecule has 1 fully saturated rings. The van der Waals surface area contributed by atoms with E-state index in [1.54, 1.807) is 0 Å². The molecule has 0 unspecified atom stereocenters. The molecule has 0 bridgehead atoms. The maximum Gasteiger partial charge on any atom is 0.0570 e. The fraction of sp³-hybridized carbons (Fsp3) is 0.583. The Labute approximate surface area is 91.3 Å². The van der Waals surface area contributed by atoms with Gasteiger partial charge in [-0.05, 0) is 38.4 Å². The molecule has 0 radical (unpaired) electrons. The second kappa shape index (κ2) is 5.24. The number of pyridine rings is 1. The molecule has 2 rings (SSSR count). The van der Waals surface area contributed by atoms with E-state index in [0.717, 1.165) is 18.8 Å². The van der Waals surface area contributed by atoms with E-state index in [1.165, 1.54) is 12.8 Å². The number of nitrogens with zero attached hydrogens (tertiary/aromatic N) is 1. The summed E-state index contributed by atoms with van der Waals surface area (Å²) in [5.41, 5.74) is 1.13. The Morgan fingerprint density at radius 1 is 1.53 bits per heavy atom. The van der Waals surface area contributed by atoms with Gasteiger partial charge in [0.05, 0.1) is 5.69 Å². The van der Waals surface area contributed by atoms with Crippen LogP contribution in [0.3, 0.4) is 0 Å². The molecule has 3 heteroatoms. The largest absolute Gasteiger partial charge is 0.315 e. The molecule has 1 aliphatic rings. The molecule has 1 aliphatic heterocycles. The SMILES string of the molecule is C[C@H](N[C@H]1CCCNC1)c1ccccn1. The standard InChI is InChI=1S/C12H19N3/c1-10(12-6-2-3-8-14-12)15-11-5-4-7-13-9-11/h2-3,6,8,10-11,13,15H,4-5,7,9H2,1H3/t10-,11-/m0/s1. The number of piperidine rings is 1. The Morgan fingerprint density at radius 2 is 2.47 bits per heavy atom. The van der Waals surface area contributed by atoms with Crippen LogP contribution in [0.5, 0.6) is 0 Å². The highest BCUT2D eigenvalue weighted by Gasteiger charge is 2.16. The summed E-state index contributed by atoms with van der Waals surface area (Å²) < 4.78 is 0. The van der Waals surface area contributed by atoms with Crippen LogP contribution in [0.15, 0.2) is 24.4 Å². The van der Waals surface area contributed by atoms with Crippen molar-refractivity contribution in [2.24, 2.45) is 0 Å². The lowest BCUT2D eigenvalue weighted by Crippen LogP contribution is -2.44. The number of hydrogen-bond acceptors (Lipinski definition) is 3. The topological polar surface area (TPSA) is 37.0 Å². The third-order valence-corrected chi connectivity index (χ3v) is 2.91. The lowest BCUT2D eigenvalue weighted by atomic mass is 10.1. The van der Waals surface area contributed by atoms with Gasteiger partial charge in [0.1, 0.15) is 0 Å². The zero-order valence-corrected chi connectivity index (χ0v) is 9.24. The van der Waals surface area contributed by atoms with Crippen molar-refractivity contribution in [3.8, 4) is 0 Å². The zero-order chi connectivity index (χ0) is 10.5. The summed E-state index contributed by atoms with van der Waals surface area (Å²) in [5, 5.41) is 7.02.